The molecule has 7 nitrogen and oxygen atoms in total. The molecule has 0 radical (unpaired) electrons. The molecule has 1 aromatic rings. The molecule has 3 amide bonds. The maximum Gasteiger partial charge on any atom is 0.255 e. The highest BCUT2D eigenvalue weighted by Gasteiger charge is 2.50. The van der Waals surface area contributed by atoms with Crippen LogP contribution in [0.5, 0.6) is 0 Å². The highest BCUT2D eigenvalue weighted by Crippen LogP contribution is 2.48. The van der Waals surface area contributed by atoms with E-state index in [9.17, 15) is 14.4 Å². The lowest BCUT2D eigenvalue weighted by atomic mass is 9.94. The van der Waals surface area contributed by atoms with E-state index in [0.717, 1.165) is 31.5 Å². The molecule has 2 atom stereocenters. The first-order chi connectivity index (χ1) is 13.4. The first-order valence-corrected chi connectivity index (χ1v) is 10.2. The highest BCUT2D eigenvalue weighted by atomic mass is 16.2. The van der Waals surface area contributed by atoms with Crippen LogP contribution in [0.15, 0.2) is 18.2 Å². The number of nitrogens with two attached hydrogens (primary N) is 1. The Hall–Kier alpha value is -2.25. The Bertz CT molecular complexity index is 863. The van der Waals surface area contributed by atoms with Crippen LogP contribution in [0.3, 0.4) is 0 Å². The third-order valence-electron chi connectivity index (χ3n) is 6.87. The molecule has 1 spiro atoms. The number of nitrogens with zero attached hydrogens (tertiary/aromatic N) is 2. The van der Waals surface area contributed by atoms with Gasteiger partial charge in [-0.25, -0.2) is 0 Å². The number of hydrogen-bond acceptors (Lipinski definition) is 5. The van der Waals surface area contributed by atoms with Crippen molar-refractivity contribution in [2.75, 3.05) is 6.54 Å². The summed E-state index contributed by atoms with van der Waals surface area (Å²) in [6.45, 7) is 2.34. The lowest BCUT2D eigenvalue weighted by molar-refractivity contribution is -0.136. The number of imide groups is 1. The van der Waals surface area contributed by atoms with Crippen molar-refractivity contribution in [2.45, 2.75) is 69.2 Å². The van der Waals surface area contributed by atoms with Gasteiger partial charge in [-0.1, -0.05) is 12.1 Å². The number of hydrogen-bond donors (Lipinski definition) is 2. The molecule has 1 aliphatic carbocycles. The third kappa shape index (κ3) is 2.93. The van der Waals surface area contributed by atoms with Gasteiger partial charge in [-0.05, 0) is 49.3 Å². The van der Waals surface area contributed by atoms with E-state index in [1.165, 1.54) is 18.4 Å². The van der Waals surface area contributed by atoms with Crippen LogP contribution in [-0.2, 0) is 22.7 Å². The van der Waals surface area contributed by atoms with Gasteiger partial charge in [0, 0.05) is 43.2 Å². The molecule has 2 saturated heterocycles. The van der Waals surface area contributed by atoms with Crippen molar-refractivity contribution in [3.63, 3.8) is 0 Å². The van der Waals surface area contributed by atoms with Crippen LogP contribution in [0.25, 0.3) is 0 Å². The average molecular weight is 382 g/mol. The fraction of sp³-hybridized carbons (Fsp3) is 0.571. The van der Waals surface area contributed by atoms with Crippen LogP contribution in [0.1, 0.15) is 60.0 Å². The van der Waals surface area contributed by atoms with Crippen molar-refractivity contribution in [2.24, 2.45) is 5.73 Å². The molecular formula is C21H26N4O3. The van der Waals surface area contributed by atoms with Gasteiger partial charge < -0.3 is 10.6 Å². The van der Waals surface area contributed by atoms with Gasteiger partial charge in [0.15, 0.2) is 0 Å². The monoisotopic (exact) mass is 382 g/mol. The molecule has 3 fully saturated rings. The van der Waals surface area contributed by atoms with Crippen molar-refractivity contribution in [3.05, 3.63) is 34.9 Å². The van der Waals surface area contributed by atoms with Crippen molar-refractivity contribution in [3.8, 4) is 0 Å². The first-order valence-electron chi connectivity index (χ1n) is 10.2. The predicted octanol–water partition coefficient (Wildman–Crippen LogP) is 0.903. The Morgan fingerprint density at radius 2 is 2.00 bits per heavy atom. The quantitative estimate of drug-likeness (QED) is 0.758. The van der Waals surface area contributed by atoms with Gasteiger partial charge >= 0.3 is 0 Å². The second-order valence-electron chi connectivity index (χ2n) is 8.79. The zero-order valence-electron chi connectivity index (χ0n) is 15.9. The topological polar surface area (TPSA) is 95.7 Å². The highest BCUT2D eigenvalue weighted by molar-refractivity contribution is 6.05. The Kier molecular flexibility index (Phi) is 4.07. The van der Waals surface area contributed by atoms with E-state index in [1.807, 2.05) is 12.1 Å². The van der Waals surface area contributed by atoms with Crippen molar-refractivity contribution in [1.29, 1.82) is 0 Å². The molecule has 0 bridgehead atoms. The molecule has 2 unspecified atom stereocenters. The van der Waals surface area contributed by atoms with Gasteiger partial charge in [0.25, 0.3) is 5.91 Å². The second kappa shape index (κ2) is 6.39. The standard InChI is InChI=1S/C21H26N4O3/c22-15-5-8-24(21(10-15)6-7-21)11-13-1-2-16-14(9-13)12-25(20(16)28)17-3-4-18(26)23-19(17)27/h1-2,9,15,17H,3-8,10-12,22H2,(H,23,26,27). The number of rotatable bonds is 3. The summed E-state index contributed by atoms with van der Waals surface area (Å²) in [6, 6.07) is 5.81. The number of amides is 3. The summed E-state index contributed by atoms with van der Waals surface area (Å²) in [5.41, 5.74) is 9.34. The van der Waals surface area contributed by atoms with Crippen LogP contribution >= 0.6 is 0 Å². The van der Waals surface area contributed by atoms with Gasteiger partial charge in [0.1, 0.15) is 6.04 Å². The summed E-state index contributed by atoms with van der Waals surface area (Å²) in [4.78, 5) is 40.6. The number of fused-ring (bicyclic) bond motifs is 1. The van der Waals surface area contributed by atoms with Gasteiger partial charge in [-0.3, -0.25) is 24.6 Å². The number of nitrogens with one attached hydrogen (secondary N) is 1. The van der Waals surface area contributed by atoms with Crippen LogP contribution < -0.4 is 11.1 Å². The first kappa shape index (κ1) is 17.8. The Balaban J connectivity index is 1.32. The van der Waals surface area contributed by atoms with Crippen LogP contribution in [0, 0.1) is 0 Å². The molecule has 5 rings (SSSR count). The van der Waals surface area contributed by atoms with Crippen LogP contribution in [0.4, 0.5) is 0 Å². The third-order valence-corrected chi connectivity index (χ3v) is 6.87. The smallest absolute Gasteiger partial charge is 0.255 e. The number of piperidine rings is 2. The molecule has 148 valence electrons. The number of benzene rings is 1. The molecule has 28 heavy (non-hydrogen) atoms. The van der Waals surface area contributed by atoms with E-state index in [-0.39, 0.29) is 24.1 Å². The lowest BCUT2D eigenvalue weighted by Crippen LogP contribution is -2.52. The van der Waals surface area contributed by atoms with Crippen LogP contribution in [0.2, 0.25) is 0 Å². The minimum Gasteiger partial charge on any atom is -0.328 e. The summed E-state index contributed by atoms with van der Waals surface area (Å²) in [5.74, 6) is -0.737. The SMILES string of the molecule is NC1CCN(Cc2ccc3c(c2)CN(C2CCC(=O)NC2=O)C3=O)C2(CC2)C1. The van der Waals surface area contributed by atoms with Gasteiger partial charge in [0.05, 0.1) is 0 Å². The minimum atomic E-state index is -0.556. The summed E-state index contributed by atoms with van der Waals surface area (Å²) >= 11 is 0. The zero-order valence-corrected chi connectivity index (χ0v) is 15.9. The van der Waals surface area contributed by atoms with E-state index in [2.05, 4.69) is 16.3 Å². The minimum absolute atomic E-state index is 0.112. The van der Waals surface area contributed by atoms with E-state index in [4.69, 9.17) is 5.73 Å². The van der Waals surface area contributed by atoms with Crippen LogP contribution in [-0.4, -0.2) is 51.7 Å². The largest absolute Gasteiger partial charge is 0.328 e. The Labute approximate surface area is 164 Å². The number of likely N-dealkylation sites (tertiary alicyclic amines) is 1. The van der Waals surface area contributed by atoms with Crippen molar-refractivity contribution >= 4 is 17.7 Å². The van der Waals surface area contributed by atoms with Crippen molar-refractivity contribution < 1.29 is 14.4 Å². The van der Waals surface area contributed by atoms with E-state index < -0.39 is 6.04 Å². The summed E-state index contributed by atoms with van der Waals surface area (Å²) in [5, 5.41) is 2.35. The number of carbonyl (C=O) groups excluding carboxylic acids is 3. The van der Waals surface area contributed by atoms with E-state index in [1.54, 1.807) is 4.90 Å². The van der Waals surface area contributed by atoms with E-state index >= 15 is 0 Å². The Morgan fingerprint density at radius 3 is 2.75 bits per heavy atom. The fourth-order valence-corrected chi connectivity index (χ4v) is 5.14. The molecule has 3 aliphatic heterocycles. The summed E-state index contributed by atoms with van der Waals surface area (Å²) < 4.78 is 0. The molecule has 3 heterocycles. The molecule has 7 heteroatoms. The molecule has 1 saturated carbocycles. The average Bonchev–Trinajstić information content (AvgIpc) is 3.34. The fourth-order valence-electron chi connectivity index (χ4n) is 5.14. The van der Waals surface area contributed by atoms with Gasteiger partial charge in [-0.2, -0.15) is 0 Å². The van der Waals surface area contributed by atoms with Gasteiger partial charge in [0.2, 0.25) is 11.8 Å². The normalized spacial score (nSPS) is 29.2. The molecule has 4 aliphatic rings. The summed E-state index contributed by atoms with van der Waals surface area (Å²) in [6.07, 6.45) is 5.25. The molecule has 3 N–H and O–H groups in total. The van der Waals surface area contributed by atoms with E-state index in [0.29, 0.717) is 30.1 Å². The maximum absolute atomic E-state index is 12.8. The van der Waals surface area contributed by atoms with Crippen molar-refractivity contribution in [1.82, 2.24) is 15.1 Å². The van der Waals surface area contributed by atoms with Gasteiger partial charge in [-0.15, -0.1) is 0 Å². The zero-order chi connectivity index (χ0) is 19.5. The maximum atomic E-state index is 12.8. The molecule has 0 aromatic heterocycles. The number of carbonyl (C=O) groups is 3. The molecular weight excluding hydrogens is 356 g/mol. The summed E-state index contributed by atoms with van der Waals surface area (Å²) in [7, 11) is 0. The molecule has 1 aromatic carbocycles. The predicted molar refractivity (Wildman–Crippen MR) is 102 cm³/mol. The Morgan fingerprint density at radius 1 is 1.18 bits per heavy atom. The lowest BCUT2D eigenvalue weighted by Gasteiger charge is -2.39. The second-order valence-corrected chi connectivity index (χ2v) is 8.79.